The standard InChI is InChI=1S/C17H15BrN2O2/c1-10-3-5-16(14(18)7-10)19-9-13-12-8-11(22-2)4-6-15(12)20-17(13)21/h3-9,20-21H,1-2H3. The van der Waals surface area contributed by atoms with E-state index < -0.39 is 0 Å². The van der Waals surface area contributed by atoms with E-state index in [0.29, 0.717) is 5.56 Å². The van der Waals surface area contributed by atoms with Crippen LogP contribution < -0.4 is 4.74 Å². The van der Waals surface area contributed by atoms with E-state index >= 15 is 0 Å². The number of nitrogens with one attached hydrogen (secondary N) is 1. The van der Waals surface area contributed by atoms with Crippen LogP contribution in [0.4, 0.5) is 5.69 Å². The number of H-pyrrole nitrogens is 1. The summed E-state index contributed by atoms with van der Waals surface area (Å²) >= 11 is 3.50. The summed E-state index contributed by atoms with van der Waals surface area (Å²) in [6.45, 7) is 2.02. The Bertz CT molecular complexity index is 868. The fourth-order valence-electron chi connectivity index (χ4n) is 2.29. The van der Waals surface area contributed by atoms with Crippen molar-refractivity contribution in [1.29, 1.82) is 0 Å². The Labute approximate surface area is 136 Å². The van der Waals surface area contributed by atoms with E-state index in [2.05, 4.69) is 25.9 Å². The van der Waals surface area contributed by atoms with Crippen molar-refractivity contribution >= 4 is 38.7 Å². The molecule has 1 aromatic heterocycles. The van der Waals surface area contributed by atoms with E-state index in [-0.39, 0.29) is 5.88 Å². The van der Waals surface area contributed by atoms with Crippen LogP contribution in [0.15, 0.2) is 45.9 Å². The maximum Gasteiger partial charge on any atom is 0.198 e. The van der Waals surface area contributed by atoms with Crippen molar-refractivity contribution in [2.24, 2.45) is 4.99 Å². The molecule has 3 aromatic rings. The third-order valence-corrected chi connectivity index (χ3v) is 4.10. The van der Waals surface area contributed by atoms with Gasteiger partial charge in [-0.2, -0.15) is 0 Å². The molecule has 0 spiro atoms. The number of halogens is 1. The summed E-state index contributed by atoms with van der Waals surface area (Å²) in [6, 6.07) is 11.5. The van der Waals surface area contributed by atoms with Gasteiger partial charge in [0.1, 0.15) is 5.75 Å². The summed E-state index contributed by atoms with van der Waals surface area (Å²) in [5, 5.41) is 11.0. The Morgan fingerprint density at radius 1 is 1.23 bits per heavy atom. The number of aromatic nitrogens is 1. The number of hydrogen-bond donors (Lipinski definition) is 2. The highest BCUT2D eigenvalue weighted by Gasteiger charge is 2.10. The summed E-state index contributed by atoms with van der Waals surface area (Å²) in [6.07, 6.45) is 1.66. The minimum Gasteiger partial charge on any atom is -0.497 e. The fourth-order valence-corrected chi connectivity index (χ4v) is 2.88. The molecule has 0 radical (unpaired) electrons. The average molecular weight is 359 g/mol. The van der Waals surface area contributed by atoms with Gasteiger partial charge in [0.15, 0.2) is 5.88 Å². The average Bonchev–Trinajstić information content (AvgIpc) is 2.81. The van der Waals surface area contributed by atoms with Gasteiger partial charge in [0, 0.05) is 21.6 Å². The summed E-state index contributed by atoms with van der Waals surface area (Å²) in [5.41, 5.74) is 3.44. The van der Waals surface area contributed by atoms with Gasteiger partial charge in [-0.25, -0.2) is 0 Å². The molecular formula is C17H15BrN2O2. The van der Waals surface area contributed by atoms with Crippen LogP contribution in [-0.4, -0.2) is 23.4 Å². The lowest BCUT2D eigenvalue weighted by Crippen LogP contribution is -1.83. The number of nitrogens with zero attached hydrogens (tertiary/aromatic N) is 1. The second-order valence-corrected chi connectivity index (χ2v) is 5.87. The minimum atomic E-state index is 0.0928. The van der Waals surface area contributed by atoms with Gasteiger partial charge in [0.25, 0.3) is 0 Å². The number of aromatic amines is 1. The first-order chi connectivity index (χ1) is 10.6. The lowest BCUT2D eigenvalue weighted by atomic mass is 10.1. The van der Waals surface area contributed by atoms with E-state index in [1.165, 1.54) is 0 Å². The Hall–Kier alpha value is -2.27. The van der Waals surface area contributed by atoms with Crippen LogP contribution in [0.25, 0.3) is 10.9 Å². The van der Waals surface area contributed by atoms with Crippen molar-refractivity contribution in [2.45, 2.75) is 6.92 Å². The van der Waals surface area contributed by atoms with Crippen molar-refractivity contribution < 1.29 is 9.84 Å². The van der Waals surface area contributed by atoms with Crippen molar-refractivity contribution in [2.75, 3.05) is 7.11 Å². The largest absolute Gasteiger partial charge is 0.497 e. The third kappa shape index (κ3) is 2.72. The number of fused-ring (bicyclic) bond motifs is 1. The number of aliphatic imine (C=N–C) groups is 1. The molecule has 0 aliphatic carbocycles. The molecule has 0 aliphatic heterocycles. The van der Waals surface area contributed by atoms with E-state index in [1.807, 2.05) is 43.3 Å². The number of benzene rings is 2. The molecule has 22 heavy (non-hydrogen) atoms. The maximum atomic E-state index is 10.1. The summed E-state index contributed by atoms with van der Waals surface area (Å²) in [7, 11) is 1.62. The number of aryl methyl sites for hydroxylation is 1. The number of hydrogen-bond acceptors (Lipinski definition) is 3. The zero-order valence-electron chi connectivity index (χ0n) is 12.2. The van der Waals surface area contributed by atoms with Crippen molar-refractivity contribution in [3.8, 4) is 11.6 Å². The molecule has 0 amide bonds. The van der Waals surface area contributed by atoms with Crippen LogP contribution >= 0.6 is 15.9 Å². The van der Waals surface area contributed by atoms with Gasteiger partial charge >= 0.3 is 0 Å². The van der Waals surface area contributed by atoms with Crippen LogP contribution in [0.1, 0.15) is 11.1 Å². The Morgan fingerprint density at radius 2 is 2.05 bits per heavy atom. The van der Waals surface area contributed by atoms with Gasteiger partial charge in [-0.05, 0) is 58.7 Å². The van der Waals surface area contributed by atoms with Crippen molar-refractivity contribution in [1.82, 2.24) is 4.98 Å². The Kier molecular flexibility index (Phi) is 3.90. The molecule has 2 aromatic carbocycles. The molecule has 0 atom stereocenters. The minimum absolute atomic E-state index is 0.0928. The van der Waals surface area contributed by atoms with E-state index in [9.17, 15) is 5.11 Å². The topological polar surface area (TPSA) is 57.6 Å². The smallest absolute Gasteiger partial charge is 0.198 e. The molecule has 1 heterocycles. The molecule has 0 bridgehead atoms. The van der Waals surface area contributed by atoms with Gasteiger partial charge in [-0.15, -0.1) is 0 Å². The van der Waals surface area contributed by atoms with Gasteiger partial charge in [0.2, 0.25) is 0 Å². The number of ether oxygens (including phenoxy) is 1. The van der Waals surface area contributed by atoms with Gasteiger partial charge in [-0.1, -0.05) is 6.07 Å². The Morgan fingerprint density at radius 3 is 2.77 bits per heavy atom. The molecule has 4 nitrogen and oxygen atoms in total. The van der Waals surface area contributed by atoms with Crippen LogP contribution in [0.2, 0.25) is 0 Å². The third-order valence-electron chi connectivity index (χ3n) is 3.46. The summed E-state index contributed by atoms with van der Waals surface area (Å²) < 4.78 is 6.15. The van der Waals surface area contributed by atoms with Crippen molar-refractivity contribution in [3.63, 3.8) is 0 Å². The highest BCUT2D eigenvalue weighted by atomic mass is 79.9. The molecule has 0 aliphatic rings. The maximum absolute atomic E-state index is 10.1. The molecule has 112 valence electrons. The second kappa shape index (κ2) is 5.85. The summed E-state index contributed by atoms with van der Waals surface area (Å²) in [5.74, 6) is 0.827. The first kappa shape index (κ1) is 14.7. The second-order valence-electron chi connectivity index (χ2n) is 5.01. The van der Waals surface area contributed by atoms with Crippen molar-refractivity contribution in [3.05, 3.63) is 52.0 Å². The molecule has 2 N–H and O–H groups in total. The lowest BCUT2D eigenvalue weighted by molar-refractivity contribution is 0.415. The molecule has 0 fully saturated rings. The van der Waals surface area contributed by atoms with Crippen LogP contribution in [0.5, 0.6) is 11.6 Å². The number of aromatic hydroxyl groups is 1. The summed E-state index contributed by atoms with van der Waals surface area (Å²) in [4.78, 5) is 7.40. The first-order valence-electron chi connectivity index (χ1n) is 6.77. The molecular weight excluding hydrogens is 344 g/mol. The van der Waals surface area contributed by atoms with E-state index in [1.54, 1.807) is 13.3 Å². The zero-order valence-corrected chi connectivity index (χ0v) is 13.8. The zero-order chi connectivity index (χ0) is 15.7. The molecule has 3 rings (SSSR count). The molecule has 0 unspecified atom stereocenters. The molecule has 0 saturated carbocycles. The van der Waals surface area contributed by atoms with Crippen LogP contribution in [-0.2, 0) is 0 Å². The molecule has 0 saturated heterocycles. The quantitative estimate of drug-likeness (QED) is 0.666. The monoisotopic (exact) mass is 358 g/mol. The van der Waals surface area contributed by atoms with Gasteiger partial charge in [-0.3, -0.25) is 4.99 Å². The SMILES string of the molecule is COc1ccc2[nH]c(O)c(C=Nc3ccc(C)cc3Br)c2c1. The van der Waals surface area contributed by atoms with Gasteiger partial charge in [0.05, 0.1) is 18.4 Å². The highest BCUT2D eigenvalue weighted by molar-refractivity contribution is 9.10. The first-order valence-corrected chi connectivity index (χ1v) is 7.56. The lowest BCUT2D eigenvalue weighted by Gasteiger charge is -2.01. The van der Waals surface area contributed by atoms with E-state index in [0.717, 1.165) is 32.4 Å². The highest BCUT2D eigenvalue weighted by Crippen LogP contribution is 2.31. The normalized spacial score (nSPS) is 11.4. The Balaban J connectivity index is 2.06. The molecule has 5 heteroatoms. The predicted octanol–water partition coefficient (Wildman–Crippen LogP) is 4.70. The van der Waals surface area contributed by atoms with Crippen LogP contribution in [0.3, 0.4) is 0 Å². The predicted molar refractivity (Wildman–Crippen MR) is 92.6 cm³/mol. The van der Waals surface area contributed by atoms with Gasteiger partial charge < -0.3 is 14.8 Å². The van der Waals surface area contributed by atoms with Crippen LogP contribution in [0, 0.1) is 6.92 Å². The number of rotatable bonds is 3. The number of methoxy groups -OCH3 is 1. The van der Waals surface area contributed by atoms with E-state index in [4.69, 9.17) is 4.74 Å². The fraction of sp³-hybridized carbons (Fsp3) is 0.118.